The Balaban J connectivity index is 0.825. The van der Waals surface area contributed by atoms with E-state index in [0.717, 1.165) is 17.1 Å². The van der Waals surface area contributed by atoms with Crippen LogP contribution in [0.1, 0.15) is 69.5 Å². The van der Waals surface area contributed by atoms with E-state index in [-0.39, 0.29) is 5.41 Å². The van der Waals surface area contributed by atoms with Crippen LogP contribution in [0.4, 0.5) is 17.1 Å². The molecule has 0 N–H and O–H groups in total. The molecule has 0 bridgehead atoms. The van der Waals surface area contributed by atoms with Gasteiger partial charge in [0.05, 0.1) is 10.8 Å². The molecule has 0 aromatic heterocycles. The van der Waals surface area contributed by atoms with Crippen LogP contribution in [0.25, 0.3) is 66.1 Å². The molecule has 0 aliphatic heterocycles. The number of benzene rings is 13. The summed E-state index contributed by atoms with van der Waals surface area (Å²) in [5.74, 6) is 0. The molecule has 80 heavy (non-hydrogen) atoms. The first-order valence-corrected chi connectivity index (χ1v) is 28.1. The van der Waals surface area contributed by atoms with Crippen LogP contribution in [-0.2, 0) is 16.2 Å². The average molecular weight is 1020 g/mol. The van der Waals surface area contributed by atoms with Crippen molar-refractivity contribution in [2.45, 2.75) is 30.1 Å². The molecule has 0 atom stereocenters. The Morgan fingerprint density at radius 1 is 0.237 bits per heavy atom. The highest BCUT2D eigenvalue weighted by Crippen LogP contribution is 2.65. The fourth-order valence-corrected chi connectivity index (χ4v) is 14.9. The van der Waals surface area contributed by atoms with E-state index in [4.69, 9.17) is 0 Å². The predicted octanol–water partition coefficient (Wildman–Crippen LogP) is 20.2. The first kappa shape index (κ1) is 46.3. The van der Waals surface area contributed by atoms with Gasteiger partial charge < -0.3 is 4.90 Å². The van der Waals surface area contributed by atoms with E-state index < -0.39 is 10.8 Å². The Morgan fingerprint density at radius 3 is 1.27 bits per heavy atom. The molecule has 1 spiro atoms. The van der Waals surface area contributed by atoms with Crippen molar-refractivity contribution in [2.24, 2.45) is 0 Å². The average Bonchev–Trinajstić information content (AvgIpc) is 4.14. The summed E-state index contributed by atoms with van der Waals surface area (Å²) in [5, 5.41) is 4.91. The summed E-state index contributed by atoms with van der Waals surface area (Å²) in [6, 6.07) is 112. The van der Waals surface area contributed by atoms with E-state index >= 15 is 0 Å². The molecule has 0 saturated carbocycles. The van der Waals surface area contributed by atoms with Crippen molar-refractivity contribution < 1.29 is 0 Å². The second kappa shape index (κ2) is 17.6. The van der Waals surface area contributed by atoms with Crippen molar-refractivity contribution in [3.05, 3.63) is 353 Å². The van der Waals surface area contributed by atoms with E-state index in [1.807, 2.05) is 0 Å². The van der Waals surface area contributed by atoms with Crippen molar-refractivity contribution in [1.29, 1.82) is 0 Å². The Bertz CT molecular complexity index is 4520. The maximum Gasteiger partial charge on any atom is 0.0720 e. The van der Waals surface area contributed by atoms with Gasteiger partial charge in [0.25, 0.3) is 0 Å². The zero-order valence-corrected chi connectivity index (χ0v) is 44.7. The Morgan fingerprint density at radius 2 is 0.637 bits per heavy atom. The molecule has 0 amide bonds. The van der Waals surface area contributed by atoms with Crippen LogP contribution in [0, 0.1) is 0 Å². The van der Waals surface area contributed by atoms with Crippen LogP contribution in [0.15, 0.2) is 297 Å². The van der Waals surface area contributed by atoms with Crippen molar-refractivity contribution in [3.8, 4) is 44.5 Å². The zero-order valence-electron chi connectivity index (χ0n) is 44.7. The second-order valence-corrected chi connectivity index (χ2v) is 22.7. The molecule has 0 radical (unpaired) electrons. The Hall–Kier alpha value is -9.82. The molecule has 0 heterocycles. The van der Waals surface area contributed by atoms with Gasteiger partial charge in [0, 0.05) is 22.5 Å². The summed E-state index contributed by atoms with van der Waals surface area (Å²) < 4.78 is 0. The fourth-order valence-electron chi connectivity index (χ4n) is 14.9. The van der Waals surface area contributed by atoms with Crippen molar-refractivity contribution in [1.82, 2.24) is 0 Å². The monoisotopic (exact) mass is 1020 g/mol. The molecule has 16 rings (SSSR count). The molecule has 0 fully saturated rings. The molecule has 1 heteroatoms. The van der Waals surface area contributed by atoms with Gasteiger partial charge in [0.15, 0.2) is 0 Å². The van der Waals surface area contributed by atoms with Gasteiger partial charge in [-0.3, -0.25) is 0 Å². The topological polar surface area (TPSA) is 3.24 Å². The lowest BCUT2D eigenvalue weighted by Gasteiger charge is -2.50. The van der Waals surface area contributed by atoms with Gasteiger partial charge in [0.1, 0.15) is 0 Å². The van der Waals surface area contributed by atoms with Crippen molar-refractivity contribution in [2.75, 3.05) is 4.90 Å². The van der Waals surface area contributed by atoms with Crippen LogP contribution < -0.4 is 4.90 Å². The molecule has 3 aliphatic rings. The van der Waals surface area contributed by atoms with E-state index in [0.29, 0.717) is 0 Å². The number of nitrogens with zero attached hydrogens (tertiary/aromatic N) is 1. The lowest BCUT2D eigenvalue weighted by Crippen LogP contribution is -2.44. The quantitative estimate of drug-likeness (QED) is 0.144. The highest BCUT2D eigenvalue weighted by Gasteiger charge is 2.56. The third-order valence-corrected chi connectivity index (χ3v) is 18.4. The van der Waals surface area contributed by atoms with Crippen molar-refractivity contribution >= 4 is 38.6 Å². The summed E-state index contributed by atoms with van der Waals surface area (Å²) in [6.45, 7) is 4.73. The first-order valence-electron chi connectivity index (χ1n) is 28.1. The minimum absolute atomic E-state index is 0.122. The number of anilines is 3. The van der Waals surface area contributed by atoms with Crippen LogP contribution in [0.3, 0.4) is 0 Å². The molecule has 0 saturated heterocycles. The summed E-state index contributed by atoms with van der Waals surface area (Å²) in [5.41, 5.74) is 25.4. The first-order chi connectivity index (χ1) is 39.4. The Labute approximate surface area is 468 Å². The van der Waals surface area contributed by atoms with Crippen molar-refractivity contribution in [3.63, 3.8) is 0 Å². The summed E-state index contributed by atoms with van der Waals surface area (Å²) in [6.07, 6.45) is 0. The lowest BCUT2D eigenvalue weighted by atomic mass is 9.51. The summed E-state index contributed by atoms with van der Waals surface area (Å²) >= 11 is 0. The SMILES string of the molecule is CC1(C)c2ccccc2-c2ccc(N(c3ccc(-c4ccccc4)cc3)c3ccc4c(ccc5cc(-c6ccc7c(c6)C6(c8ccccc8-7)c7ccccc7C(c7ccccc7)(c7ccccc7)c7ccccc76)ccc54)c3)cc21. The standard InChI is InChI=1S/C79H55N/c1-77(2)69-28-14-12-26-65(69)67-47-43-62(51-75(67)77)80(60-40-36-53(37-41-60)52-20-6-3-7-21-52)61-42-46-64-57(49-61)35-34-56-48-54(38-44-63(56)64)55-39-45-68-66-27-13-15-29-70(66)79(76(68)50-55)73-32-18-16-30-71(73)78(58-22-8-4-9-23-58,59-24-10-5-11-25-59)72-31-17-19-33-74(72)79/h3-51H,1-2H3. The van der Waals surface area contributed by atoms with Crippen LogP contribution in [0.5, 0.6) is 0 Å². The minimum Gasteiger partial charge on any atom is -0.310 e. The largest absolute Gasteiger partial charge is 0.310 e. The third-order valence-electron chi connectivity index (χ3n) is 18.4. The maximum absolute atomic E-state index is 2.52. The smallest absolute Gasteiger partial charge is 0.0720 e. The molecular weight excluding hydrogens is 963 g/mol. The van der Waals surface area contributed by atoms with Gasteiger partial charge in [-0.1, -0.05) is 263 Å². The van der Waals surface area contributed by atoms with Gasteiger partial charge in [-0.05, 0) is 170 Å². The van der Waals surface area contributed by atoms with E-state index in [1.54, 1.807) is 0 Å². The zero-order chi connectivity index (χ0) is 53.2. The molecule has 13 aromatic carbocycles. The van der Waals surface area contributed by atoms with Gasteiger partial charge >= 0.3 is 0 Å². The molecular formula is C79H55N. The van der Waals surface area contributed by atoms with Gasteiger partial charge in [-0.2, -0.15) is 0 Å². The number of hydrogen-bond acceptors (Lipinski definition) is 1. The van der Waals surface area contributed by atoms with Gasteiger partial charge in [0.2, 0.25) is 0 Å². The Kier molecular flexibility index (Phi) is 10.2. The molecule has 13 aromatic rings. The lowest BCUT2D eigenvalue weighted by molar-refractivity contribution is 0.624. The maximum atomic E-state index is 2.52. The molecule has 1 nitrogen and oxygen atoms in total. The second-order valence-electron chi connectivity index (χ2n) is 22.7. The molecule has 376 valence electrons. The fraction of sp³-hybridized carbons (Fsp3) is 0.0633. The normalized spacial score (nSPS) is 14.4. The summed E-state index contributed by atoms with van der Waals surface area (Å²) in [7, 11) is 0. The summed E-state index contributed by atoms with van der Waals surface area (Å²) in [4.78, 5) is 2.44. The van der Waals surface area contributed by atoms with Crippen LogP contribution in [-0.4, -0.2) is 0 Å². The third kappa shape index (κ3) is 6.52. The molecule has 3 aliphatic carbocycles. The predicted molar refractivity (Wildman–Crippen MR) is 334 cm³/mol. The van der Waals surface area contributed by atoms with Gasteiger partial charge in [-0.25, -0.2) is 0 Å². The van der Waals surface area contributed by atoms with Crippen LogP contribution in [0.2, 0.25) is 0 Å². The highest BCUT2D eigenvalue weighted by atomic mass is 15.1. The number of hydrogen-bond donors (Lipinski definition) is 0. The minimum atomic E-state index is -0.564. The molecule has 0 unspecified atom stereocenters. The van der Waals surface area contributed by atoms with E-state index in [9.17, 15) is 0 Å². The highest BCUT2D eigenvalue weighted by molar-refractivity contribution is 6.10. The van der Waals surface area contributed by atoms with E-state index in [2.05, 4.69) is 316 Å². The van der Waals surface area contributed by atoms with Crippen LogP contribution >= 0.6 is 0 Å². The van der Waals surface area contributed by atoms with Gasteiger partial charge in [-0.15, -0.1) is 0 Å². The number of fused-ring (bicyclic) bond motifs is 15. The number of rotatable bonds is 7. The van der Waals surface area contributed by atoms with E-state index in [1.165, 1.54) is 122 Å².